The highest BCUT2D eigenvalue weighted by atomic mass is 35.5. The molecule has 0 aliphatic rings. The molecular formula is C22H16ClFN2OS. The van der Waals surface area contributed by atoms with Crippen LogP contribution in [0.4, 0.5) is 10.1 Å². The maximum absolute atomic E-state index is 13.2. The lowest BCUT2D eigenvalue weighted by molar-refractivity contribution is 0.0997. The number of thiophene rings is 1. The molecule has 140 valence electrons. The highest BCUT2D eigenvalue weighted by Crippen LogP contribution is 2.35. The lowest BCUT2D eigenvalue weighted by Crippen LogP contribution is -2.05. The molecule has 4 rings (SSSR count). The number of benzene rings is 2. The third kappa shape index (κ3) is 3.39. The number of carbonyl (C=O) groups excluding carboxylic acids is 1. The standard InChI is InChI=1S/C22H16ClFN2OS/c1-12-14(3-2-4-17(12)23)11-19(27)21-20(25)16-9-10-18(26-22(16)28-21)13-5-7-15(24)8-6-13/h2-10H,11,25H2,1H3. The van der Waals surface area contributed by atoms with Gasteiger partial charge in [-0.3, -0.25) is 4.79 Å². The van der Waals surface area contributed by atoms with Crippen molar-refractivity contribution < 1.29 is 9.18 Å². The van der Waals surface area contributed by atoms with E-state index in [4.69, 9.17) is 17.3 Å². The van der Waals surface area contributed by atoms with E-state index in [-0.39, 0.29) is 18.0 Å². The summed E-state index contributed by atoms with van der Waals surface area (Å²) in [5.41, 5.74) is 9.98. The number of Topliss-reactive ketones (excluding diaryl/α,β-unsaturated/α-hetero) is 1. The fraction of sp³-hybridized carbons (Fsp3) is 0.0909. The van der Waals surface area contributed by atoms with Crippen LogP contribution >= 0.6 is 22.9 Å². The molecule has 0 aliphatic heterocycles. The molecule has 2 aromatic heterocycles. The number of anilines is 1. The van der Waals surface area contributed by atoms with Crippen molar-refractivity contribution in [3.05, 3.63) is 81.4 Å². The minimum absolute atomic E-state index is 0.0609. The first kappa shape index (κ1) is 18.6. The smallest absolute Gasteiger partial charge is 0.179 e. The van der Waals surface area contributed by atoms with Gasteiger partial charge in [-0.2, -0.15) is 0 Å². The zero-order chi connectivity index (χ0) is 19.8. The fourth-order valence-electron chi connectivity index (χ4n) is 3.08. The Morgan fingerprint density at radius 3 is 2.64 bits per heavy atom. The van der Waals surface area contributed by atoms with Gasteiger partial charge >= 0.3 is 0 Å². The molecule has 2 aromatic carbocycles. The van der Waals surface area contributed by atoms with E-state index in [0.29, 0.717) is 26.1 Å². The van der Waals surface area contributed by atoms with Crippen LogP contribution in [0.2, 0.25) is 5.02 Å². The van der Waals surface area contributed by atoms with Crippen molar-refractivity contribution in [2.45, 2.75) is 13.3 Å². The molecule has 0 fully saturated rings. The average Bonchev–Trinajstić information content (AvgIpc) is 3.02. The van der Waals surface area contributed by atoms with Crippen LogP contribution in [0.3, 0.4) is 0 Å². The van der Waals surface area contributed by atoms with E-state index in [1.165, 1.54) is 23.5 Å². The molecule has 0 saturated heterocycles. The zero-order valence-electron chi connectivity index (χ0n) is 15.0. The molecule has 0 saturated carbocycles. The van der Waals surface area contributed by atoms with Crippen LogP contribution in [0, 0.1) is 12.7 Å². The van der Waals surface area contributed by atoms with Crippen molar-refractivity contribution in [3.63, 3.8) is 0 Å². The van der Waals surface area contributed by atoms with Gasteiger partial charge in [-0.15, -0.1) is 11.3 Å². The Labute approximate surface area is 170 Å². The summed E-state index contributed by atoms with van der Waals surface area (Å²) in [6.45, 7) is 1.90. The van der Waals surface area contributed by atoms with Gasteiger partial charge in [0.2, 0.25) is 0 Å². The molecule has 28 heavy (non-hydrogen) atoms. The Balaban J connectivity index is 1.69. The van der Waals surface area contributed by atoms with E-state index in [0.717, 1.165) is 22.1 Å². The molecule has 0 radical (unpaired) electrons. The first-order chi connectivity index (χ1) is 13.4. The van der Waals surface area contributed by atoms with Crippen LogP contribution in [0.15, 0.2) is 54.6 Å². The summed E-state index contributed by atoms with van der Waals surface area (Å²) in [6.07, 6.45) is 0.230. The summed E-state index contributed by atoms with van der Waals surface area (Å²) in [5, 5.41) is 1.39. The molecule has 0 aliphatic carbocycles. The first-order valence-corrected chi connectivity index (χ1v) is 9.85. The summed E-state index contributed by atoms with van der Waals surface area (Å²) in [7, 11) is 0. The normalized spacial score (nSPS) is 11.1. The number of aromatic nitrogens is 1. The third-order valence-corrected chi connectivity index (χ3v) is 6.28. The van der Waals surface area contributed by atoms with Gasteiger partial charge in [-0.05, 0) is 60.5 Å². The number of carbonyl (C=O) groups is 1. The Hall–Kier alpha value is -2.76. The monoisotopic (exact) mass is 410 g/mol. The molecule has 0 unspecified atom stereocenters. The predicted octanol–water partition coefficient (Wildman–Crippen LogP) is 6.07. The maximum Gasteiger partial charge on any atom is 0.179 e. The molecule has 0 spiro atoms. The lowest BCUT2D eigenvalue weighted by atomic mass is 10.0. The van der Waals surface area contributed by atoms with Crippen LogP contribution in [0.1, 0.15) is 20.8 Å². The van der Waals surface area contributed by atoms with Gasteiger partial charge in [-0.25, -0.2) is 9.37 Å². The second-order valence-electron chi connectivity index (χ2n) is 6.52. The summed E-state index contributed by atoms with van der Waals surface area (Å²) < 4.78 is 13.2. The summed E-state index contributed by atoms with van der Waals surface area (Å²) in [5.74, 6) is -0.358. The molecule has 2 heterocycles. The van der Waals surface area contributed by atoms with Crippen LogP contribution in [0.5, 0.6) is 0 Å². The van der Waals surface area contributed by atoms with E-state index in [9.17, 15) is 9.18 Å². The molecule has 6 heteroatoms. The van der Waals surface area contributed by atoms with Gasteiger partial charge in [0.25, 0.3) is 0 Å². The molecular weight excluding hydrogens is 395 g/mol. The van der Waals surface area contributed by atoms with E-state index in [2.05, 4.69) is 4.98 Å². The Kier molecular flexibility index (Phi) is 4.87. The van der Waals surface area contributed by atoms with Crippen LogP contribution in [-0.2, 0) is 6.42 Å². The number of nitrogen functional groups attached to an aromatic ring is 1. The largest absolute Gasteiger partial charge is 0.397 e. The van der Waals surface area contributed by atoms with Crippen LogP contribution in [-0.4, -0.2) is 10.8 Å². The number of hydrogen-bond donors (Lipinski definition) is 1. The van der Waals surface area contributed by atoms with Gasteiger partial charge in [0.05, 0.1) is 16.3 Å². The number of rotatable bonds is 4. The number of fused-ring (bicyclic) bond motifs is 1. The second-order valence-corrected chi connectivity index (χ2v) is 7.93. The van der Waals surface area contributed by atoms with Crippen molar-refractivity contribution in [2.24, 2.45) is 0 Å². The highest BCUT2D eigenvalue weighted by Gasteiger charge is 2.19. The Morgan fingerprint density at radius 1 is 1.14 bits per heavy atom. The maximum atomic E-state index is 13.2. The van der Waals surface area contributed by atoms with E-state index >= 15 is 0 Å². The van der Waals surface area contributed by atoms with Crippen molar-refractivity contribution in [1.82, 2.24) is 4.98 Å². The summed E-state index contributed by atoms with van der Waals surface area (Å²) >= 11 is 7.44. The topological polar surface area (TPSA) is 56.0 Å². The molecule has 0 amide bonds. The highest BCUT2D eigenvalue weighted by molar-refractivity contribution is 7.21. The predicted molar refractivity (Wildman–Crippen MR) is 114 cm³/mol. The first-order valence-electron chi connectivity index (χ1n) is 8.66. The van der Waals surface area contributed by atoms with Gasteiger partial charge in [0, 0.05) is 22.4 Å². The van der Waals surface area contributed by atoms with Crippen molar-refractivity contribution in [2.75, 3.05) is 5.73 Å². The molecule has 3 nitrogen and oxygen atoms in total. The van der Waals surface area contributed by atoms with E-state index in [1.54, 1.807) is 18.2 Å². The van der Waals surface area contributed by atoms with E-state index < -0.39 is 0 Å². The number of halogens is 2. The van der Waals surface area contributed by atoms with Gasteiger partial charge < -0.3 is 5.73 Å². The molecule has 0 atom stereocenters. The number of hydrogen-bond acceptors (Lipinski definition) is 4. The Morgan fingerprint density at radius 2 is 1.89 bits per heavy atom. The SMILES string of the molecule is Cc1c(Cl)cccc1CC(=O)c1sc2nc(-c3ccc(F)cc3)ccc2c1N. The fourth-order valence-corrected chi connectivity index (χ4v) is 4.31. The summed E-state index contributed by atoms with van der Waals surface area (Å²) in [4.78, 5) is 18.7. The number of pyridine rings is 1. The van der Waals surface area contributed by atoms with Crippen LogP contribution in [0.25, 0.3) is 21.5 Å². The van der Waals surface area contributed by atoms with Gasteiger partial charge in [0.15, 0.2) is 5.78 Å². The van der Waals surface area contributed by atoms with Gasteiger partial charge in [-0.1, -0.05) is 23.7 Å². The zero-order valence-corrected chi connectivity index (χ0v) is 16.6. The minimum Gasteiger partial charge on any atom is -0.397 e. The van der Waals surface area contributed by atoms with Gasteiger partial charge in [0.1, 0.15) is 10.6 Å². The lowest BCUT2D eigenvalue weighted by Gasteiger charge is -2.06. The molecule has 2 N–H and O–H groups in total. The second kappa shape index (κ2) is 7.34. The van der Waals surface area contributed by atoms with Crippen LogP contribution < -0.4 is 5.73 Å². The quantitative estimate of drug-likeness (QED) is 0.415. The van der Waals surface area contributed by atoms with Crippen molar-refractivity contribution in [3.8, 4) is 11.3 Å². The molecule has 0 bridgehead atoms. The minimum atomic E-state index is -0.297. The average molecular weight is 411 g/mol. The van der Waals surface area contributed by atoms with Crippen molar-refractivity contribution in [1.29, 1.82) is 0 Å². The molecule has 4 aromatic rings. The third-order valence-electron chi connectivity index (χ3n) is 4.72. The van der Waals surface area contributed by atoms with Crippen molar-refractivity contribution >= 4 is 44.6 Å². The van der Waals surface area contributed by atoms with E-state index in [1.807, 2.05) is 31.2 Å². The summed E-state index contributed by atoms with van der Waals surface area (Å²) in [6, 6.07) is 15.4. The number of ketones is 1. The number of nitrogens with two attached hydrogens (primary N) is 1. The Bertz CT molecular complexity index is 1200. The number of nitrogens with zero attached hydrogens (tertiary/aromatic N) is 1.